The third-order valence-corrected chi connectivity index (χ3v) is 13.1. The van der Waals surface area contributed by atoms with E-state index in [1.165, 1.54) is 65.3 Å². The molecule has 0 spiro atoms. The molecular formula is C52H72BrN10O6PS3. The maximum Gasteiger partial charge on any atom is 0.300 e. The molecule has 0 saturated carbocycles. The summed E-state index contributed by atoms with van der Waals surface area (Å²) in [5.74, 6) is 1.54. The Labute approximate surface area is 455 Å². The number of Topliss-reactive ketones (excluding diaryl/α,β-unsaturated/α-hetero) is 1. The summed E-state index contributed by atoms with van der Waals surface area (Å²) in [6, 6.07) is 29.1. The third-order valence-electron chi connectivity index (χ3n) is 10.7. The van der Waals surface area contributed by atoms with Crippen molar-refractivity contribution in [3.8, 4) is 11.5 Å². The second kappa shape index (κ2) is 32.1. The molecule has 1 atom stereocenters. The Morgan fingerprint density at radius 1 is 0.781 bits per heavy atom. The van der Waals surface area contributed by atoms with E-state index in [1.807, 2.05) is 31.2 Å². The molecule has 9 N–H and O–H groups in total. The molecular weight excluding hydrogens is 1070 g/mol. The summed E-state index contributed by atoms with van der Waals surface area (Å²) in [4.78, 5) is 51.5. The molecule has 4 aromatic carbocycles. The van der Waals surface area contributed by atoms with Gasteiger partial charge in [0.25, 0.3) is 5.97 Å². The molecule has 5 aromatic rings. The first-order chi connectivity index (χ1) is 34.3. The number of thiocarbonyl (C=S) groups is 1. The Kier molecular flexibility index (Phi) is 27.2. The van der Waals surface area contributed by atoms with Crippen LogP contribution in [-0.2, 0) is 4.79 Å². The van der Waals surface area contributed by atoms with E-state index < -0.39 is 5.97 Å². The fourth-order valence-corrected chi connectivity index (χ4v) is 9.48. The van der Waals surface area contributed by atoms with Gasteiger partial charge in [-0.15, -0.1) is 0 Å². The number of rotatable bonds is 14. The molecule has 0 radical (unpaired) electrons. The third kappa shape index (κ3) is 22.4. The number of carbonyl (C=O) groups is 3. The lowest BCUT2D eigenvalue weighted by atomic mass is 10.1. The van der Waals surface area contributed by atoms with Crippen LogP contribution in [0.2, 0.25) is 0 Å². The van der Waals surface area contributed by atoms with Gasteiger partial charge in [0.05, 0.1) is 5.33 Å². The minimum Gasteiger partial charge on any atom is -0.508 e. The molecule has 3 heterocycles. The highest BCUT2D eigenvalue weighted by molar-refractivity contribution is 9.09. The molecule has 16 nitrogen and oxygen atoms in total. The van der Waals surface area contributed by atoms with Crippen LogP contribution >= 0.6 is 61.1 Å². The SMILES string of the molecule is CC(=O)O.CC(C)CN1CCN(c2ccc(Nc3nc(N)c(C(=O)c4cccc(O)c4)s3)cc2)CC1.CCSC(N)=NC(=S)Nc1ccc(N2CCN(CC(C)C)CC2)cc1.O=C(CBr)c1cccc(O)c1.P. The predicted molar refractivity (Wildman–Crippen MR) is 318 cm³/mol. The first kappa shape index (κ1) is 62.0. The van der Waals surface area contributed by atoms with Crippen LogP contribution in [0.15, 0.2) is 102 Å². The molecule has 1 unspecified atom stereocenters. The van der Waals surface area contributed by atoms with Crippen LogP contribution in [0.1, 0.15) is 67.1 Å². The normalized spacial score (nSPS) is 13.8. The molecule has 0 bridgehead atoms. The fourth-order valence-electron chi connectivity index (χ4n) is 7.56. The lowest BCUT2D eigenvalue weighted by molar-refractivity contribution is -0.134. The summed E-state index contributed by atoms with van der Waals surface area (Å²) in [5, 5.41) is 34.1. The van der Waals surface area contributed by atoms with Gasteiger partial charge < -0.3 is 47.2 Å². The number of piperazine rings is 2. The van der Waals surface area contributed by atoms with E-state index in [2.05, 4.69) is 108 Å². The van der Waals surface area contributed by atoms with E-state index in [9.17, 15) is 14.7 Å². The van der Waals surface area contributed by atoms with Gasteiger partial charge in [-0.2, -0.15) is 14.9 Å². The topological polar surface area (TPSA) is 226 Å². The van der Waals surface area contributed by atoms with Crippen molar-refractivity contribution in [2.45, 2.75) is 41.5 Å². The number of nitrogens with one attached hydrogen (secondary N) is 2. The van der Waals surface area contributed by atoms with Gasteiger partial charge >= 0.3 is 0 Å². The average molecular weight is 1140 g/mol. The zero-order valence-corrected chi connectivity index (χ0v) is 48.0. The van der Waals surface area contributed by atoms with Crippen molar-refractivity contribution < 1.29 is 29.7 Å². The van der Waals surface area contributed by atoms with Gasteiger partial charge in [-0.3, -0.25) is 24.2 Å². The number of hydrogen-bond donors (Lipinski definition) is 7. The second-order valence-corrected chi connectivity index (χ2v) is 20.9. The van der Waals surface area contributed by atoms with E-state index in [1.54, 1.807) is 24.3 Å². The van der Waals surface area contributed by atoms with Gasteiger partial charge in [-0.1, -0.05) is 97.9 Å². The van der Waals surface area contributed by atoms with E-state index >= 15 is 0 Å². The van der Waals surface area contributed by atoms with Crippen LogP contribution in [0.5, 0.6) is 11.5 Å². The molecule has 73 heavy (non-hydrogen) atoms. The summed E-state index contributed by atoms with van der Waals surface area (Å²) in [6.45, 7) is 23.2. The number of alkyl halides is 1. The molecule has 2 aliphatic heterocycles. The number of anilines is 6. The molecule has 2 fully saturated rings. The molecule has 0 amide bonds. The first-order valence-corrected chi connectivity index (χ1v) is 27.0. The zero-order chi connectivity index (χ0) is 52.7. The van der Waals surface area contributed by atoms with Crippen LogP contribution < -0.4 is 31.9 Å². The number of thioether (sulfide) groups is 1. The molecule has 7 rings (SSSR count). The number of halogens is 1. The van der Waals surface area contributed by atoms with Gasteiger partial charge in [-0.05, 0) is 103 Å². The number of carboxylic acid groups (broad SMARTS) is 1. The van der Waals surface area contributed by atoms with Crippen LogP contribution in [0.3, 0.4) is 0 Å². The molecule has 1 aromatic heterocycles. The van der Waals surface area contributed by atoms with Gasteiger partial charge in [0.15, 0.2) is 21.2 Å². The highest BCUT2D eigenvalue weighted by atomic mass is 79.9. The number of nitrogen functional groups attached to an aromatic ring is 1. The fraction of sp³-hybridized carbons (Fsp3) is 0.385. The lowest BCUT2D eigenvalue weighted by Crippen LogP contribution is -2.47. The van der Waals surface area contributed by atoms with Crippen LogP contribution in [0, 0.1) is 11.8 Å². The van der Waals surface area contributed by atoms with E-state index in [0.29, 0.717) is 37.3 Å². The van der Waals surface area contributed by atoms with Crippen molar-refractivity contribution in [2.24, 2.45) is 22.6 Å². The van der Waals surface area contributed by atoms with E-state index in [-0.39, 0.29) is 44.1 Å². The maximum absolute atomic E-state index is 12.7. The van der Waals surface area contributed by atoms with Crippen LogP contribution in [-0.4, -0.2) is 134 Å². The van der Waals surface area contributed by atoms with Crippen molar-refractivity contribution in [3.63, 3.8) is 0 Å². The highest BCUT2D eigenvalue weighted by Gasteiger charge is 2.21. The average Bonchev–Trinajstić information content (AvgIpc) is 3.71. The summed E-state index contributed by atoms with van der Waals surface area (Å²) in [7, 11) is 0. The van der Waals surface area contributed by atoms with Crippen LogP contribution in [0.4, 0.5) is 33.7 Å². The van der Waals surface area contributed by atoms with Crippen LogP contribution in [0.25, 0.3) is 0 Å². The van der Waals surface area contributed by atoms with Crippen molar-refractivity contribution in [2.75, 3.05) is 103 Å². The Bertz CT molecular complexity index is 2530. The number of benzene rings is 4. The summed E-state index contributed by atoms with van der Waals surface area (Å²) < 4.78 is 0. The number of phenolic OH excluding ortho intramolecular Hbond substituents is 2. The second-order valence-electron chi connectivity index (χ2n) is 17.6. The van der Waals surface area contributed by atoms with Gasteiger partial charge in [0, 0.05) is 106 Å². The Morgan fingerprint density at radius 2 is 1.23 bits per heavy atom. The minimum absolute atomic E-state index is 0. The number of thiazole rings is 1. The number of aromatic nitrogens is 1. The monoisotopic (exact) mass is 1140 g/mol. The number of amidine groups is 1. The highest BCUT2D eigenvalue weighted by Crippen LogP contribution is 2.31. The molecule has 396 valence electrons. The number of aliphatic imine (C=N–C) groups is 1. The van der Waals surface area contributed by atoms with Crippen molar-refractivity contribution in [1.82, 2.24) is 14.8 Å². The zero-order valence-electron chi connectivity index (χ0n) is 42.6. The molecule has 2 aliphatic rings. The van der Waals surface area contributed by atoms with Gasteiger partial charge in [-0.25, -0.2) is 4.98 Å². The maximum atomic E-state index is 12.7. The number of nitrogens with zero attached hydrogens (tertiary/aromatic N) is 6. The van der Waals surface area contributed by atoms with Crippen molar-refractivity contribution in [3.05, 3.63) is 113 Å². The number of ketones is 2. The van der Waals surface area contributed by atoms with E-state index in [4.69, 9.17) is 38.7 Å². The number of carbonyl (C=O) groups excluding carboxylic acids is 2. The number of aromatic hydroxyl groups is 2. The summed E-state index contributed by atoms with van der Waals surface area (Å²) in [5.41, 5.74) is 17.0. The van der Waals surface area contributed by atoms with Gasteiger partial charge in [0.2, 0.25) is 5.78 Å². The number of aliphatic carboxylic acids is 1. The predicted octanol–water partition coefficient (Wildman–Crippen LogP) is 9.53. The summed E-state index contributed by atoms with van der Waals surface area (Å²) in [6.07, 6.45) is 0. The lowest BCUT2D eigenvalue weighted by Gasteiger charge is -2.36. The van der Waals surface area contributed by atoms with E-state index in [0.717, 1.165) is 88.9 Å². The number of nitrogens with two attached hydrogens (primary N) is 2. The first-order valence-electron chi connectivity index (χ1n) is 23.7. The molecule has 2 saturated heterocycles. The largest absolute Gasteiger partial charge is 0.508 e. The van der Waals surface area contributed by atoms with Crippen molar-refractivity contribution in [1.29, 1.82) is 0 Å². The Morgan fingerprint density at radius 3 is 1.67 bits per heavy atom. The standard InChI is InChI=1S/C24H29N5O2S.C18H29N5S2.C8H7BrO2.C2H4O2.H3P/c1-16(2)15-28-10-12-29(13-11-28)19-8-6-18(7-9-19)26-24-27-23(25)22(32-24)21(31)17-4-3-5-20(30)14-17;1-4-25-17(19)21-18(24)20-15-5-7-16(8-6-15)23-11-9-22(10-12-23)13-14(2)3;9-5-8(11)6-2-1-3-7(10)4-6;1-2(3)4;/h3-9,14,16,30H,10-13,15,25H2,1-2H3,(H,26,27);5-8,14H,4,9-13H2,1-3H3,(H3,19,20,21,24);1-4,10H,5H2;1H3,(H,3,4);1H3. The number of phenols is 2. The minimum atomic E-state index is -0.833. The molecule has 21 heteroatoms. The molecule has 0 aliphatic carbocycles. The quantitative estimate of drug-likeness (QED) is 0.0137. The number of hydrogen-bond acceptors (Lipinski definition) is 15. The number of carboxylic acids is 1. The van der Waals surface area contributed by atoms with Crippen molar-refractivity contribution >= 4 is 123 Å². The smallest absolute Gasteiger partial charge is 0.300 e. The Hall–Kier alpha value is -5.34. The summed E-state index contributed by atoms with van der Waals surface area (Å²) >= 11 is 11.0. The Balaban J connectivity index is 0.000000303. The van der Waals surface area contributed by atoms with Gasteiger partial charge in [0.1, 0.15) is 22.2 Å².